The highest BCUT2D eigenvalue weighted by molar-refractivity contribution is 6.01. The van der Waals surface area contributed by atoms with Crippen molar-refractivity contribution in [2.45, 2.75) is 13.8 Å². The van der Waals surface area contributed by atoms with Gasteiger partial charge in [0.25, 0.3) is 0 Å². The maximum atomic E-state index is 12.4. The molecule has 0 amide bonds. The SMILES string of the molecule is CCOC(=O)c1cc(C(=O)OCC)c(OOc2c(C=O)cc(C(=O)OC)cc2OC)cc1N. The van der Waals surface area contributed by atoms with Gasteiger partial charge in [0.05, 0.1) is 49.8 Å². The number of rotatable bonds is 10. The molecule has 0 radical (unpaired) electrons. The van der Waals surface area contributed by atoms with Crippen molar-refractivity contribution < 1.29 is 47.9 Å². The average molecular weight is 461 g/mol. The van der Waals surface area contributed by atoms with E-state index in [2.05, 4.69) is 4.74 Å². The zero-order valence-electron chi connectivity index (χ0n) is 18.5. The van der Waals surface area contributed by atoms with Crippen LogP contribution in [0.25, 0.3) is 0 Å². The topological polar surface area (TPSA) is 150 Å². The molecule has 0 saturated carbocycles. The number of carbonyl (C=O) groups is 4. The van der Waals surface area contributed by atoms with Gasteiger partial charge in [0.2, 0.25) is 5.75 Å². The number of hydrogen-bond acceptors (Lipinski definition) is 11. The minimum absolute atomic E-state index is 0.0196. The van der Waals surface area contributed by atoms with E-state index in [1.54, 1.807) is 13.8 Å². The van der Waals surface area contributed by atoms with E-state index in [9.17, 15) is 19.2 Å². The smallest absolute Gasteiger partial charge is 0.342 e. The lowest BCUT2D eigenvalue weighted by Crippen LogP contribution is -2.15. The second kappa shape index (κ2) is 11.4. The summed E-state index contributed by atoms with van der Waals surface area (Å²) in [4.78, 5) is 58.6. The molecule has 0 bridgehead atoms. The lowest BCUT2D eigenvalue weighted by Gasteiger charge is -2.15. The Balaban J connectivity index is 2.49. The van der Waals surface area contributed by atoms with Gasteiger partial charge in [0.1, 0.15) is 5.56 Å². The number of aldehydes is 1. The second-order valence-electron chi connectivity index (χ2n) is 6.25. The van der Waals surface area contributed by atoms with Crippen molar-refractivity contribution in [3.8, 4) is 17.2 Å². The van der Waals surface area contributed by atoms with Crippen LogP contribution in [0.1, 0.15) is 55.3 Å². The van der Waals surface area contributed by atoms with Crippen molar-refractivity contribution in [3.63, 3.8) is 0 Å². The minimum Gasteiger partial charge on any atom is -0.493 e. The third-order valence-electron chi connectivity index (χ3n) is 4.21. The van der Waals surface area contributed by atoms with Crippen LogP contribution in [0, 0.1) is 0 Å². The van der Waals surface area contributed by atoms with Gasteiger partial charge in [-0.05, 0) is 32.0 Å². The summed E-state index contributed by atoms with van der Waals surface area (Å²) in [5.74, 6) is -2.65. The molecule has 0 heterocycles. The van der Waals surface area contributed by atoms with Gasteiger partial charge < -0.3 is 24.7 Å². The highest BCUT2D eigenvalue weighted by Crippen LogP contribution is 2.34. The lowest BCUT2D eigenvalue weighted by atomic mass is 10.1. The molecule has 0 atom stereocenters. The Kier molecular flexibility index (Phi) is 8.61. The molecule has 176 valence electrons. The molecule has 0 unspecified atom stereocenters. The van der Waals surface area contributed by atoms with E-state index in [4.69, 9.17) is 29.7 Å². The summed E-state index contributed by atoms with van der Waals surface area (Å²) in [6.07, 6.45) is 0.415. The van der Waals surface area contributed by atoms with Gasteiger partial charge in [0, 0.05) is 6.07 Å². The molecule has 33 heavy (non-hydrogen) atoms. The predicted octanol–water partition coefficient (Wildman–Crippen LogP) is 2.60. The Labute approximate surface area is 189 Å². The molecule has 0 spiro atoms. The van der Waals surface area contributed by atoms with Gasteiger partial charge in [-0.15, -0.1) is 0 Å². The molecule has 2 aromatic rings. The fourth-order valence-electron chi connectivity index (χ4n) is 2.69. The normalized spacial score (nSPS) is 10.1. The zero-order chi connectivity index (χ0) is 24.5. The molecule has 2 aromatic carbocycles. The van der Waals surface area contributed by atoms with E-state index in [-0.39, 0.29) is 58.4 Å². The number of methoxy groups -OCH3 is 2. The van der Waals surface area contributed by atoms with Crippen molar-refractivity contribution >= 4 is 29.9 Å². The second-order valence-corrected chi connectivity index (χ2v) is 6.25. The molecular weight excluding hydrogens is 438 g/mol. The molecule has 0 aliphatic heterocycles. The fraction of sp³-hybridized carbons (Fsp3) is 0.273. The van der Waals surface area contributed by atoms with Crippen molar-refractivity contribution in [2.24, 2.45) is 0 Å². The number of benzene rings is 2. The van der Waals surface area contributed by atoms with Crippen LogP contribution in [-0.4, -0.2) is 51.6 Å². The summed E-state index contributed by atoms with van der Waals surface area (Å²) in [5, 5.41) is 0. The van der Waals surface area contributed by atoms with E-state index < -0.39 is 17.9 Å². The van der Waals surface area contributed by atoms with Gasteiger partial charge in [-0.2, -0.15) is 0 Å². The molecule has 2 N–H and O–H groups in total. The highest BCUT2D eigenvalue weighted by Gasteiger charge is 2.24. The molecule has 0 saturated heterocycles. The summed E-state index contributed by atoms with van der Waals surface area (Å²) in [7, 11) is 2.47. The molecule has 2 rings (SSSR count). The van der Waals surface area contributed by atoms with E-state index in [0.29, 0.717) is 6.29 Å². The number of ether oxygens (including phenoxy) is 4. The Hall–Kier alpha value is -4.28. The van der Waals surface area contributed by atoms with Crippen molar-refractivity contribution in [1.29, 1.82) is 0 Å². The van der Waals surface area contributed by atoms with Gasteiger partial charge in [0.15, 0.2) is 17.8 Å². The summed E-state index contributed by atoms with van der Waals surface area (Å²) in [6.45, 7) is 3.37. The van der Waals surface area contributed by atoms with Crippen LogP contribution in [0.2, 0.25) is 0 Å². The maximum Gasteiger partial charge on any atom is 0.342 e. The van der Waals surface area contributed by atoms with Crippen LogP contribution in [0.3, 0.4) is 0 Å². The van der Waals surface area contributed by atoms with E-state index in [0.717, 1.165) is 6.07 Å². The van der Waals surface area contributed by atoms with Crippen LogP contribution in [-0.2, 0) is 14.2 Å². The van der Waals surface area contributed by atoms with Crippen LogP contribution in [0.15, 0.2) is 24.3 Å². The summed E-state index contributed by atoms with van der Waals surface area (Å²) in [5.41, 5.74) is 5.58. The number of esters is 3. The zero-order valence-corrected chi connectivity index (χ0v) is 18.5. The van der Waals surface area contributed by atoms with Gasteiger partial charge in [-0.25, -0.2) is 14.4 Å². The van der Waals surface area contributed by atoms with Crippen LogP contribution in [0.5, 0.6) is 17.2 Å². The van der Waals surface area contributed by atoms with E-state index >= 15 is 0 Å². The molecule has 0 aromatic heterocycles. The van der Waals surface area contributed by atoms with Gasteiger partial charge in [-0.3, -0.25) is 14.6 Å². The summed E-state index contributed by atoms with van der Waals surface area (Å²) >= 11 is 0. The number of carbonyl (C=O) groups excluding carboxylic acids is 4. The van der Waals surface area contributed by atoms with Crippen LogP contribution in [0.4, 0.5) is 5.69 Å². The molecule has 0 aliphatic carbocycles. The molecule has 0 fully saturated rings. The highest BCUT2D eigenvalue weighted by atomic mass is 17.2. The third kappa shape index (κ3) is 5.70. The largest absolute Gasteiger partial charge is 0.493 e. The molecule has 0 aliphatic rings. The molecular formula is C22H23NO10. The van der Waals surface area contributed by atoms with Crippen molar-refractivity contribution in [2.75, 3.05) is 33.2 Å². The van der Waals surface area contributed by atoms with E-state index in [1.807, 2.05) is 0 Å². The third-order valence-corrected chi connectivity index (χ3v) is 4.21. The van der Waals surface area contributed by atoms with Crippen LogP contribution < -0.4 is 20.2 Å². The van der Waals surface area contributed by atoms with Crippen molar-refractivity contribution in [1.82, 2.24) is 0 Å². The first-order valence-electron chi connectivity index (χ1n) is 9.68. The van der Waals surface area contributed by atoms with Gasteiger partial charge >= 0.3 is 17.9 Å². The number of anilines is 1. The predicted molar refractivity (Wildman–Crippen MR) is 114 cm³/mol. The first-order valence-corrected chi connectivity index (χ1v) is 9.68. The lowest BCUT2D eigenvalue weighted by molar-refractivity contribution is -0.102. The number of nitrogens with two attached hydrogens (primary N) is 1. The Bertz CT molecular complexity index is 1060. The Morgan fingerprint density at radius 3 is 2.03 bits per heavy atom. The molecule has 11 nitrogen and oxygen atoms in total. The maximum absolute atomic E-state index is 12.4. The minimum atomic E-state index is -0.815. The summed E-state index contributed by atoms with van der Waals surface area (Å²) < 4.78 is 19.8. The Morgan fingerprint density at radius 1 is 0.848 bits per heavy atom. The number of hydrogen-bond donors (Lipinski definition) is 1. The fourth-order valence-corrected chi connectivity index (χ4v) is 2.69. The molecule has 11 heteroatoms. The average Bonchev–Trinajstić information content (AvgIpc) is 2.81. The number of nitrogen functional groups attached to an aromatic ring is 1. The monoisotopic (exact) mass is 461 g/mol. The standard InChI is InChI=1S/C22H23NO10/c1-5-30-21(26)14-9-15(22(27)31-6-2)17(10-16(14)23)32-33-19-13(11-24)7-12(20(25)29-4)8-18(19)28-3/h7-11H,5-6,23H2,1-4H3. The van der Waals surface area contributed by atoms with Gasteiger partial charge in [-0.1, -0.05) is 0 Å². The van der Waals surface area contributed by atoms with Crippen molar-refractivity contribution in [3.05, 3.63) is 46.5 Å². The first-order chi connectivity index (χ1) is 15.8. The quantitative estimate of drug-likeness (QED) is 0.139. The Morgan fingerprint density at radius 2 is 1.48 bits per heavy atom. The summed E-state index contributed by atoms with van der Waals surface area (Å²) in [6, 6.07) is 4.82. The van der Waals surface area contributed by atoms with Crippen LogP contribution >= 0.6 is 0 Å². The van der Waals surface area contributed by atoms with E-state index in [1.165, 1.54) is 32.4 Å². The first kappa shape index (κ1) is 25.0.